The standard InChI is InChI=1S/C12H17F2NO.ClH/c1-12(2,3)11-9(13)6-8(7-10(11)14)16-5-4-15;/h6-7H,4-5,15H2,1-3H3;1H. The fourth-order valence-electron chi connectivity index (χ4n) is 1.53. The van der Waals surface area contributed by atoms with E-state index in [2.05, 4.69) is 0 Å². The third kappa shape index (κ3) is 4.13. The van der Waals surface area contributed by atoms with E-state index in [0.29, 0.717) is 6.54 Å². The summed E-state index contributed by atoms with van der Waals surface area (Å²) >= 11 is 0. The molecule has 0 aliphatic heterocycles. The Balaban J connectivity index is 0.00000256. The lowest BCUT2D eigenvalue weighted by molar-refractivity contribution is 0.322. The average Bonchev–Trinajstić information content (AvgIpc) is 2.11. The Morgan fingerprint density at radius 1 is 1.18 bits per heavy atom. The lowest BCUT2D eigenvalue weighted by atomic mass is 9.86. The average molecular weight is 266 g/mol. The largest absolute Gasteiger partial charge is 0.492 e. The van der Waals surface area contributed by atoms with Crippen LogP contribution in [0.25, 0.3) is 0 Å². The summed E-state index contributed by atoms with van der Waals surface area (Å²) < 4.78 is 32.4. The molecule has 0 radical (unpaired) electrons. The van der Waals surface area contributed by atoms with E-state index < -0.39 is 17.0 Å². The molecule has 0 fully saturated rings. The van der Waals surface area contributed by atoms with E-state index in [-0.39, 0.29) is 30.3 Å². The highest BCUT2D eigenvalue weighted by atomic mass is 35.5. The Bertz CT molecular complexity index is 354. The molecule has 98 valence electrons. The smallest absolute Gasteiger partial charge is 0.133 e. The molecule has 1 aromatic rings. The molecular weight excluding hydrogens is 248 g/mol. The number of hydrogen-bond donors (Lipinski definition) is 1. The van der Waals surface area contributed by atoms with Crippen LogP contribution in [0.4, 0.5) is 8.78 Å². The normalized spacial score (nSPS) is 10.9. The Kier molecular flexibility index (Phi) is 5.85. The third-order valence-corrected chi connectivity index (χ3v) is 2.15. The molecule has 0 amide bonds. The molecule has 0 aliphatic carbocycles. The molecule has 0 bridgehead atoms. The second kappa shape index (κ2) is 6.17. The number of ether oxygens (including phenoxy) is 1. The van der Waals surface area contributed by atoms with E-state index in [9.17, 15) is 8.78 Å². The number of nitrogens with two attached hydrogens (primary N) is 1. The number of benzene rings is 1. The maximum Gasteiger partial charge on any atom is 0.133 e. The number of rotatable bonds is 3. The second-order valence-corrected chi connectivity index (χ2v) is 4.65. The van der Waals surface area contributed by atoms with Crippen molar-refractivity contribution in [2.24, 2.45) is 5.73 Å². The van der Waals surface area contributed by atoms with Gasteiger partial charge in [-0.3, -0.25) is 0 Å². The lowest BCUT2D eigenvalue weighted by Gasteiger charge is -2.21. The van der Waals surface area contributed by atoms with E-state index in [1.165, 1.54) is 12.1 Å². The molecular formula is C12H18ClF2NO. The van der Waals surface area contributed by atoms with Gasteiger partial charge in [-0.05, 0) is 5.41 Å². The van der Waals surface area contributed by atoms with Crippen molar-refractivity contribution >= 4 is 12.4 Å². The van der Waals surface area contributed by atoms with Gasteiger partial charge >= 0.3 is 0 Å². The quantitative estimate of drug-likeness (QED) is 0.912. The van der Waals surface area contributed by atoms with E-state index in [1.54, 1.807) is 20.8 Å². The van der Waals surface area contributed by atoms with Gasteiger partial charge in [-0.15, -0.1) is 12.4 Å². The Labute approximate surface area is 107 Å². The Morgan fingerprint density at radius 3 is 2.00 bits per heavy atom. The van der Waals surface area contributed by atoms with Crippen molar-refractivity contribution in [3.8, 4) is 5.75 Å². The van der Waals surface area contributed by atoms with Gasteiger partial charge in [0.25, 0.3) is 0 Å². The monoisotopic (exact) mass is 265 g/mol. The van der Waals surface area contributed by atoms with E-state index >= 15 is 0 Å². The Morgan fingerprint density at radius 2 is 1.65 bits per heavy atom. The minimum absolute atomic E-state index is 0. The van der Waals surface area contributed by atoms with Crippen LogP contribution >= 0.6 is 12.4 Å². The summed E-state index contributed by atoms with van der Waals surface area (Å²) in [5.41, 5.74) is 4.75. The van der Waals surface area contributed by atoms with E-state index in [1.807, 2.05) is 0 Å². The van der Waals surface area contributed by atoms with Crippen LogP contribution < -0.4 is 10.5 Å². The van der Waals surface area contributed by atoms with Gasteiger partial charge in [0.2, 0.25) is 0 Å². The fourth-order valence-corrected chi connectivity index (χ4v) is 1.53. The summed E-state index contributed by atoms with van der Waals surface area (Å²) in [7, 11) is 0. The van der Waals surface area contributed by atoms with Crippen molar-refractivity contribution in [2.75, 3.05) is 13.2 Å². The van der Waals surface area contributed by atoms with Crippen LogP contribution in [0.2, 0.25) is 0 Å². The summed E-state index contributed by atoms with van der Waals surface area (Å²) in [6.07, 6.45) is 0. The van der Waals surface area contributed by atoms with Gasteiger partial charge in [0.15, 0.2) is 0 Å². The van der Waals surface area contributed by atoms with Crippen LogP contribution in [-0.4, -0.2) is 13.2 Å². The highest BCUT2D eigenvalue weighted by molar-refractivity contribution is 5.85. The van der Waals surface area contributed by atoms with Gasteiger partial charge in [0, 0.05) is 24.2 Å². The van der Waals surface area contributed by atoms with Gasteiger partial charge < -0.3 is 10.5 Å². The second-order valence-electron chi connectivity index (χ2n) is 4.65. The summed E-state index contributed by atoms with van der Waals surface area (Å²) in [6, 6.07) is 2.39. The van der Waals surface area contributed by atoms with Crippen molar-refractivity contribution in [2.45, 2.75) is 26.2 Å². The van der Waals surface area contributed by atoms with Gasteiger partial charge in [0.1, 0.15) is 24.0 Å². The predicted molar refractivity (Wildman–Crippen MR) is 66.9 cm³/mol. The van der Waals surface area contributed by atoms with Gasteiger partial charge in [-0.2, -0.15) is 0 Å². The van der Waals surface area contributed by atoms with Crippen LogP contribution in [0.5, 0.6) is 5.75 Å². The van der Waals surface area contributed by atoms with E-state index in [4.69, 9.17) is 10.5 Å². The summed E-state index contributed by atoms with van der Waals surface area (Å²) in [5.74, 6) is -0.993. The summed E-state index contributed by atoms with van der Waals surface area (Å²) in [4.78, 5) is 0. The van der Waals surface area contributed by atoms with Crippen LogP contribution in [-0.2, 0) is 5.41 Å². The maximum absolute atomic E-state index is 13.7. The van der Waals surface area contributed by atoms with E-state index in [0.717, 1.165) is 0 Å². The van der Waals surface area contributed by atoms with Gasteiger partial charge in [0.05, 0.1) is 0 Å². The minimum atomic E-state index is -0.584. The van der Waals surface area contributed by atoms with Crippen LogP contribution in [0.3, 0.4) is 0 Å². The minimum Gasteiger partial charge on any atom is -0.492 e. The molecule has 17 heavy (non-hydrogen) atoms. The molecule has 5 heteroatoms. The van der Waals surface area contributed by atoms with Crippen LogP contribution in [0.15, 0.2) is 12.1 Å². The van der Waals surface area contributed by atoms with Crippen LogP contribution in [0, 0.1) is 11.6 Å². The first-order valence-corrected chi connectivity index (χ1v) is 5.18. The Hall–Kier alpha value is -0.870. The summed E-state index contributed by atoms with van der Waals surface area (Å²) in [5, 5.41) is 0. The SMILES string of the molecule is CC(C)(C)c1c(F)cc(OCCN)cc1F.Cl. The van der Waals surface area contributed by atoms with Crippen molar-refractivity contribution in [3.05, 3.63) is 29.3 Å². The molecule has 0 saturated carbocycles. The lowest BCUT2D eigenvalue weighted by Crippen LogP contribution is -2.17. The first-order valence-electron chi connectivity index (χ1n) is 5.18. The molecule has 0 heterocycles. The number of halogens is 3. The van der Waals surface area contributed by atoms with Gasteiger partial charge in [-0.25, -0.2) is 8.78 Å². The van der Waals surface area contributed by atoms with Crippen molar-refractivity contribution in [3.63, 3.8) is 0 Å². The zero-order valence-corrected chi connectivity index (χ0v) is 11.0. The topological polar surface area (TPSA) is 35.2 Å². The molecule has 0 unspecified atom stereocenters. The fraction of sp³-hybridized carbons (Fsp3) is 0.500. The zero-order valence-electron chi connectivity index (χ0n) is 10.2. The number of hydrogen-bond acceptors (Lipinski definition) is 2. The highest BCUT2D eigenvalue weighted by Crippen LogP contribution is 2.30. The molecule has 0 spiro atoms. The molecule has 2 nitrogen and oxygen atoms in total. The highest BCUT2D eigenvalue weighted by Gasteiger charge is 2.23. The first-order chi connectivity index (χ1) is 7.36. The van der Waals surface area contributed by atoms with Crippen molar-refractivity contribution < 1.29 is 13.5 Å². The van der Waals surface area contributed by atoms with Crippen molar-refractivity contribution in [1.29, 1.82) is 0 Å². The molecule has 0 aromatic heterocycles. The molecule has 0 saturated heterocycles. The van der Waals surface area contributed by atoms with Gasteiger partial charge in [-0.1, -0.05) is 20.8 Å². The zero-order chi connectivity index (χ0) is 12.3. The first kappa shape index (κ1) is 16.1. The molecule has 0 aliphatic rings. The molecule has 0 atom stereocenters. The maximum atomic E-state index is 13.7. The summed E-state index contributed by atoms with van der Waals surface area (Å²) in [6.45, 7) is 5.83. The molecule has 1 rings (SSSR count). The predicted octanol–water partition coefficient (Wildman–Crippen LogP) is 3.02. The third-order valence-electron chi connectivity index (χ3n) is 2.15. The molecule has 2 N–H and O–H groups in total. The van der Waals surface area contributed by atoms with Crippen LogP contribution in [0.1, 0.15) is 26.3 Å². The van der Waals surface area contributed by atoms with Crippen molar-refractivity contribution in [1.82, 2.24) is 0 Å². The molecule has 1 aromatic carbocycles.